The largest absolute Gasteiger partial charge is 0.434 e. The molecule has 4 aromatic rings. The van der Waals surface area contributed by atoms with Gasteiger partial charge in [-0.05, 0) is 61.5 Å². The van der Waals surface area contributed by atoms with E-state index in [4.69, 9.17) is 4.74 Å². The Morgan fingerprint density at radius 2 is 1.65 bits per heavy atom. The van der Waals surface area contributed by atoms with Gasteiger partial charge < -0.3 is 20.3 Å². The van der Waals surface area contributed by atoms with Crippen LogP contribution in [0.25, 0.3) is 5.52 Å². The second-order valence-corrected chi connectivity index (χ2v) is 9.74. The van der Waals surface area contributed by atoms with Gasteiger partial charge in [-0.15, -0.1) is 0 Å². The number of fused-ring (bicyclic) bond motifs is 1. The van der Waals surface area contributed by atoms with E-state index < -0.39 is 29.9 Å². The highest BCUT2D eigenvalue weighted by Gasteiger charge is 2.20. The Balaban J connectivity index is 1.23. The summed E-state index contributed by atoms with van der Waals surface area (Å²) >= 11 is 0. The zero-order valence-electron chi connectivity index (χ0n) is 22.2. The van der Waals surface area contributed by atoms with Crippen LogP contribution in [0.15, 0.2) is 55.0 Å². The highest BCUT2D eigenvalue weighted by Crippen LogP contribution is 2.31. The van der Waals surface area contributed by atoms with Crippen LogP contribution in [0, 0.1) is 18.6 Å². The van der Waals surface area contributed by atoms with Crippen LogP contribution in [0.5, 0.6) is 11.6 Å². The van der Waals surface area contributed by atoms with E-state index >= 15 is 0 Å². The monoisotopic (exact) mass is 549 g/mol. The van der Waals surface area contributed by atoms with Gasteiger partial charge in [0, 0.05) is 56.4 Å². The van der Waals surface area contributed by atoms with Gasteiger partial charge in [0.1, 0.15) is 24.1 Å². The number of nitrogens with zero attached hydrogens (tertiary/aromatic N) is 5. The van der Waals surface area contributed by atoms with Crippen molar-refractivity contribution in [3.05, 3.63) is 77.8 Å². The Labute approximate surface area is 229 Å². The van der Waals surface area contributed by atoms with Crippen molar-refractivity contribution in [2.24, 2.45) is 0 Å². The van der Waals surface area contributed by atoms with Crippen LogP contribution in [0.1, 0.15) is 17.5 Å². The quantitative estimate of drug-likeness (QED) is 0.322. The van der Waals surface area contributed by atoms with Crippen LogP contribution in [-0.2, 0) is 16.1 Å². The molecule has 0 bridgehead atoms. The fourth-order valence-electron chi connectivity index (χ4n) is 4.51. The first-order valence-corrected chi connectivity index (χ1v) is 12.8. The number of ether oxygens (including phenoxy) is 1. The van der Waals surface area contributed by atoms with Gasteiger partial charge in [0.25, 0.3) is 0 Å². The topological polar surface area (TPSA) is 104 Å². The van der Waals surface area contributed by atoms with Crippen LogP contribution in [0.4, 0.5) is 20.2 Å². The molecule has 5 rings (SSSR count). The van der Waals surface area contributed by atoms with Crippen molar-refractivity contribution in [1.29, 1.82) is 0 Å². The smallest absolute Gasteiger partial charge is 0.247 e. The van der Waals surface area contributed by atoms with E-state index in [1.165, 1.54) is 42.7 Å². The van der Waals surface area contributed by atoms with E-state index in [-0.39, 0.29) is 17.3 Å². The second-order valence-electron chi connectivity index (χ2n) is 9.74. The normalized spacial score (nSPS) is 14.3. The van der Waals surface area contributed by atoms with Crippen molar-refractivity contribution in [1.82, 2.24) is 24.4 Å². The third kappa shape index (κ3) is 6.41. The maximum absolute atomic E-state index is 15.0. The molecule has 3 heterocycles. The molecule has 1 aliphatic heterocycles. The van der Waals surface area contributed by atoms with E-state index in [1.54, 1.807) is 4.52 Å². The highest BCUT2D eigenvalue weighted by atomic mass is 19.1. The molecule has 0 radical (unpaired) electrons. The Kier molecular flexibility index (Phi) is 7.99. The fraction of sp³-hybridized carbons (Fsp3) is 0.286. The number of benzene rings is 2. The molecule has 0 saturated carbocycles. The standard InChI is InChI=1S/C28H29F2N7O3/c1-18-19(15-36-11-9-35(2)10-12-36)16-37-27(18)28(31-17-32-37)40-24-8-7-22(13-23(24)30)34-26(39)14-25(38)33-21-5-3-20(29)4-6-21/h3-8,13,16-17H,9-12,14-15H2,1-2H3,(H,33,38)(H,34,39). The molecule has 0 aliphatic carbocycles. The van der Waals surface area contributed by atoms with Crippen molar-refractivity contribution >= 4 is 28.7 Å². The summed E-state index contributed by atoms with van der Waals surface area (Å²) < 4.78 is 35.5. The molecule has 0 spiro atoms. The minimum atomic E-state index is -0.716. The summed E-state index contributed by atoms with van der Waals surface area (Å²) in [5.74, 6) is -2.25. The zero-order chi connectivity index (χ0) is 28.2. The molecule has 12 heteroatoms. The SMILES string of the molecule is Cc1c(CN2CCN(C)CC2)cn2ncnc(Oc3ccc(NC(=O)CC(=O)Nc4ccc(F)cc4)cc3F)c12. The van der Waals surface area contributed by atoms with Crippen LogP contribution in [0.3, 0.4) is 0 Å². The number of nitrogens with one attached hydrogen (secondary N) is 2. The van der Waals surface area contributed by atoms with E-state index in [0.717, 1.165) is 49.9 Å². The van der Waals surface area contributed by atoms with Crippen LogP contribution >= 0.6 is 0 Å². The second kappa shape index (κ2) is 11.8. The number of aryl methyl sites for hydroxylation is 1. The predicted molar refractivity (Wildman–Crippen MR) is 145 cm³/mol. The fourth-order valence-corrected chi connectivity index (χ4v) is 4.51. The summed E-state index contributed by atoms with van der Waals surface area (Å²) in [7, 11) is 2.12. The average Bonchev–Trinajstić information content (AvgIpc) is 3.24. The van der Waals surface area contributed by atoms with Crippen LogP contribution in [0.2, 0.25) is 0 Å². The maximum Gasteiger partial charge on any atom is 0.247 e. The van der Waals surface area contributed by atoms with Gasteiger partial charge in [-0.3, -0.25) is 14.5 Å². The zero-order valence-corrected chi connectivity index (χ0v) is 22.2. The minimum absolute atomic E-state index is 0.0751. The molecule has 40 heavy (non-hydrogen) atoms. The van der Waals surface area contributed by atoms with Crippen molar-refractivity contribution in [3.8, 4) is 11.6 Å². The number of rotatable bonds is 8. The summed E-state index contributed by atoms with van der Waals surface area (Å²) in [6, 6.07) is 9.11. The number of hydrogen-bond acceptors (Lipinski definition) is 7. The molecular formula is C28H29F2N7O3. The van der Waals surface area contributed by atoms with Crippen LogP contribution < -0.4 is 15.4 Å². The first kappa shape index (κ1) is 27.2. The number of hydrogen-bond donors (Lipinski definition) is 2. The van der Waals surface area contributed by atoms with Gasteiger partial charge in [0.15, 0.2) is 11.6 Å². The highest BCUT2D eigenvalue weighted by molar-refractivity contribution is 6.08. The van der Waals surface area contributed by atoms with Gasteiger partial charge in [-0.2, -0.15) is 10.1 Å². The van der Waals surface area contributed by atoms with E-state index in [9.17, 15) is 18.4 Å². The predicted octanol–water partition coefficient (Wildman–Crippen LogP) is 3.82. The number of aromatic nitrogens is 3. The molecule has 10 nitrogen and oxygen atoms in total. The molecule has 1 fully saturated rings. The number of carbonyl (C=O) groups excluding carboxylic acids is 2. The summed E-state index contributed by atoms with van der Waals surface area (Å²) in [6.07, 6.45) is 2.80. The molecule has 2 aromatic carbocycles. The van der Waals surface area contributed by atoms with Crippen molar-refractivity contribution in [2.45, 2.75) is 19.9 Å². The van der Waals surface area contributed by atoms with Crippen molar-refractivity contribution in [3.63, 3.8) is 0 Å². The van der Waals surface area contributed by atoms with Gasteiger partial charge >= 0.3 is 0 Å². The summed E-state index contributed by atoms with van der Waals surface area (Å²) in [6.45, 7) is 6.72. The number of amides is 2. The lowest BCUT2D eigenvalue weighted by molar-refractivity contribution is -0.123. The molecule has 1 aliphatic rings. The molecule has 0 atom stereocenters. The lowest BCUT2D eigenvalue weighted by Gasteiger charge is -2.32. The molecule has 2 amide bonds. The Bertz CT molecular complexity index is 1530. The van der Waals surface area contributed by atoms with Gasteiger partial charge in [0.05, 0.1) is 0 Å². The summed E-state index contributed by atoms with van der Waals surface area (Å²) in [5, 5.41) is 9.29. The van der Waals surface area contributed by atoms with E-state index in [0.29, 0.717) is 11.2 Å². The Hall–Kier alpha value is -4.42. The van der Waals surface area contributed by atoms with Crippen molar-refractivity contribution < 1.29 is 23.1 Å². The number of likely N-dealkylation sites (N-methyl/N-ethyl adjacent to an activating group) is 1. The summed E-state index contributed by atoms with van der Waals surface area (Å²) in [4.78, 5) is 33.3. The molecule has 208 valence electrons. The molecule has 2 N–H and O–H groups in total. The van der Waals surface area contributed by atoms with Gasteiger partial charge in [-0.25, -0.2) is 13.3 Å². The van der Waals surface area contributed by atoms with E-state index in [1.807, 2.05) is 13.1 Å². The average molecular weight is 550 g/mol. The minimum Gasteiger partial charge on any atom is -0.434 e. The number of carbonyl (C=O) groups is 2. The lowest BCUT2D eigenvalue weighted by Crippen LogP contribution is -2.43. The third-order valence-electron chi connectivity index (χ3n) is 6.76. The Morgan fingerprint density at radius 3 is 2.35 bits per heavy atom. The lowest BCUT2D eigenvalue weighted by atomic mass is 10.1. The molecular weight excluding hydrogens is 520 g/mol. The first-order valence-electron chi connectivity index (χ1n) is 12.8. The van der Waals surface area contributed by atoms with Gasteiger partial charge in [-0.1, -0.05) is 0 Å². The van der Waals surface area contributed by atoms with Gasteiger partial charge in [0.2, 0.25) is 17.7 Å². The van der Waals surface area contributed by atoms with E-state index in [2.05, 4.69) is 37.6 Å². The number of halogens is 2. The molecule has 1 saturated heterocycles. The molecule has 2 aromatic heterocycles. The Morgan fingerprint density at radius 1 is 0.975 bits per heavy atom. The number of piperazine rings is 1. The van der Waals surface area contributed by atoms with Crippen LogP contribution in [-0.4, -0.2) is 69.4 Å². The third-order valence-corrected chi connectivity index (χ3v) is 6.76. The first-order chi connectivity index (χ1) is 19.2. The maximum atomic E-state index is 15.0. The number of anilines is 2. The molecule has 0 unspecified atom stereocenters. The summed E-state index contributed by atoms with van der Waals surface area (Å²) in [5.41, 5.74) is 3.21. The van der Waals surface area contributed by atoms with Crippen molar-refractivity contribution in [2.75, 3.05) is 43.9 Å².